The molecule has 2 N–H and O–H groups in total. The van der Waals surface area contributed by atoms with Crippen molar-refractivity contribution in [3.8, 4) is 0 Å². The number of likely N-dealkylation sites (N-methyl/N-ethyl adjacent to an activating group) is 1. The Bertz CT molecular complexity index is 370. The van der Waals surface area contributed by atoms with Gasteiger partial charge in [-0.25, -0.2) is 0 Å². The van der Waals surface area contributed by atoms with Crippen LogP contribution in [-0.4, -0.2) is 36.8 Å². The van der Waals surface area contributed by atoms with Gasteiger partial charge >= 0.3 is 0 Å². The van der Waals surface area contributed by atoms with Crippen LogP contribution in [0.15, 0.2) is 18.5 Å². The van der Waals surface area contributed by atoms with Crippen molar-refractivity contribution in [2.24, 2.45) is 5.73 Å². The summed E-state index contributed by atoms with van der Waals surface area (Å²) in [6, 6.07) is 2.07. The number of methoxy groups -OCH3 is 1. The van der Waals surface area contributed by atoms with Gasteiger partial charge in [0, 0.05) is 32.0 Å². The maximum atomic E-state index is 5.67. The van der Waals surface area contributed by atoms with Crippen LogP contribution in [0, 0.1) is 0 Å². The van der Waals surface area contributed by atoms with Gasteiger partial charge in [-0.15, -0.1) is 0 Å². The Labute approximate surface area is 101 Å². The first-order chi connectivity index (χ1) is 7.57. The third-order valence-electron chi connectivity index (χ3n) is 2.51. The van der Waals surface area contributed by atoms with Crippen molar-refractivity contribution >= 4 is 22.9 Å². The van der Waals surface area contributed by atoms with E-state index in [0.29, 0.717) is 11.6 Å². The van der Waals surface area contributed by atoms with E-state index >= 15 is 0 Å². The molecule has 1 rings (SSSR count). The average Bonchev–Trinajstić information content (AvgIpc) is 2.28. The normalized spacial score (nSPS) is 12.2. The van der Waals surface area contributed by atoms with Gasteiger partial charge in [0.2, 0.25) is 0 Å². The number of nitrogens with two attached hydrogens (primary N) is 1. The molecule has 1 aromatic heterocycles. The van der Waals surface area contributed by atoms with Crippen molar-refractivity contribution in [3.63, 3.8) is 0 Å². The predicted octanol–water partition coefficient (Wildman–Crippen LogP) is 1.19. The highest BCUT2D eigenvalue weighted by molar-refractivity contribution is 7.80. The summed E-state index contributed by atoms with van der Waals surface area (Å²) in [5.74, 6) is 0. The largest absolute Gasteiger partial charge is 0.389 e. The summed E-state index contributed by atoms with van der Waals surface area (Å²) >= 11 is 5.01. The van der Waals surface area contributed by atoms with Crippen LogP contribution in [-0.2, 0) is 4.74 Å². The molecule has 1 aromatic rings. The molecule has 0 saturated heterocycles. The number of pyridine rings is 1. The highest BCUT2D eigenvalue weighted by Gasteiger charge is 2.14. The van der Waals surface area contributed by atoms with Gasteiger partial charge in [0.05, 0.1) is 18.5 Å². The Kier molecular flexibility index (Phi) is 4.64. The third kappa shape index (κ3) is 2.90. The van der Waals surface area contributed by atoms with Crippen LogP contribution in [0.3, 0.4) is 0 Å². The molecule has 0 saturated carbocycles. The van der Waals surface area contributed by atoms with Crippen molar-refractivity contribution < 1.29 is 4.74 Å². The highest BCUT2D eigenvalue weighted by Crippen LogP contribution is 2.19. The van der Waals surface area contributed by atoms with Crippen LogP contribution >= 0.6 is 12.2 Å². The van der Waals surface area contributed by atoms with Gasteiger partial charge in [0.25, 0.3) is 0 Å². The van der Waals surface area contributed by atoms with E-state index in [1.54, 1.807) is 19.5 Å². The zero-order valence-electron chi connectivity index (χ0n) is 9.80. The molecule has 1 unspecified atom stereocenters. The lowest BCUT2D eigenvalue weighted by Crippen LogP contribution is -2.34. The second-order valence-electron chi connectivity index (χ2n) is 3.67. The fraction of sp³-hybridized carbons (Fsp3) is 0.455. The number of anilines is 1. The van der Waals surface area contributed by atoms with Crippen LogP contribution in [0.25, 0.3) is 0 Å². The summed E-state index contributed by atoms with van der Waals surface area (Å²) in [5, 5.41) is 0. The van der Waals surface area contributed by atoms with Gasteiger partial charge in [-0.2, -0.15) is 0 Å². The SMILES string of the molecule is COCC(C)N(C)c1cnccc1C(N)=S. The topological polar surface area (TPSA) is 51.4 Å². The molecule has 1 heterocycles. The summed E-state index contributed by atoms with van der Waals surface area (Å²) in [6.45, 7) is 2.71. The summed E-state index contributed by atoms with van der Waals surface area (Å²) < 4.78 is 5.12. The number of hydrogen-bond acceptors (Lipinski definition) is 4. The average molecular weight is 239 g/mol. The number of thiocarbonyl (C=S) groups is 1. The van der Waals surface area contributed by atoms with E-state index in [9.17, 15) is 0 Å². The second kappa shape index (κ2) is 5.77. The first-order valence-electron chi connectivity index (χ1n) is 5.03. The molecule has 16 heavy (non-hydrogen) atoms. The molecule has 4 nitrogen and oxygen atoms in total. The van der Waals surface area contributed by atoms with Crippen molar-refractivity contribution in [3.05, 3.63) is 24.0 Å². The zero-order valence-corrected chi connectivity index (χ0v) is 10.6. The number of hydrogen-bond donors (Lipinski definition) is 1. The highest BCUT2D eigenvalue weighted by atomic mass is 32.1. The number of ether oxygens (including phenoxy) is 1. The molecule has 0 aliphatic rings. The zero-order chi connectivity index (χ0) is 12.1. The van der Waals surface area contributed by atoms with Crippen LogP contribution in [0.2, 0.25) is 0 Å². The molecule has 0 amide bonds. The predicted molar refractivity (Wildman–Crippen MR) is 69.9 cm³/mol. The summed E-state index contributed by atoms with van der Waals surface area (Å²) in [7, 11) is 3.66. The van der Waals surface area contributed by atoms with E-state index in [0.717, 1.165) is 11.3 Å². The summed E-state index contributed by atoms with van der Waals surface area (Å²) in [6.07, 6.45) is 3.45. The number of nitrogens with zero attached hydrogens (tertiary/aromatic N) is 2. The maximum absolute atomic E-state index is 5.67. The Balaban J connectivity index is 2.98. The van der Waals surface area contributed by atoms with Crippen molar-refractivity contribution in [2.45, 2.75) is 13.0 Å². The Morgan fingerprint density at radius 3 is 2.94 bits per heavy atom. The van der Waals surface area contributed by atoms with E-state index in [-0.39, 0.29) is 6.04 Å². The first-order valence-corrected chi connectivity index (χ1v) is 5.44. The molecular formula is C11H17N3OS. The van der Waals surface area contributed by atoms with Crippen LogP contribution in [0.1, 0.15) is 12.5 Å². The van der Waals surface area contributed by atoms with Crippen molar-refractivity contribution in [2.75, 3.05) is 25.7 Å². The maximum Gasteiger partial charge on any atom is 0.106 e. The second-order valence-corrected chi connectivity index (χ2v) is 4.11. The molecule has 0 aliphatic carbocycles. The minimum atomic E-state index is 0.238. The van der Waals surface area contributed by atoms with E-state index in [2.05, 4.69) is 16.8 Å². The Morgan fingerprint density at radius 1 is 1.69 bits per heavy atom. The van der Waals surface area contributed by atoms with E-state index in [4.69, 9.17) is 22.7 Å². The molecule has 88 valence electrons. The minimum absolute atomic E-state index is 0.238. The fourth-order valence-corrected chi connectivity index (χ4v) is 1.64. The lowest BCUT2D eigenvalue weighted by molar-refractivity contribution is 0.183. The van der Waals surface area contributed by atoms with Gasteiger partial charge in [-0.3, -0.25) is 4.98 Å². The molecule has 0 bridgehead atoms. The quantitative estimate of drug-likeness (QED) is 0.782. The van der Waals surface area contributed by atoms with Crippen LogP contribution < -0.4 is 10.6 Å². The van der Waals surface area contributed by atoms with Gasteiger partial charge in [0.1, 0.15) is 4.99 Å². The van der Waals surface area contributed by atoms with Gasteiger partial charge in [-0.1, -0.05) is 12.2 Å². The Morgan fingerprint density at radius 2 is 2.38 bits per heavy atom. The van der Waals surface area contributed by atoms with Gasteiger partial charge in [0.15, 0.2) is 0 Å². The first kappa shape index (κ1) is 12.9. The van der Waals surface area contributed by atoms with Crippen molar-refractivity contribution in [1.29, 1.82) is 0 Å². The summed E-state index contributed by atoms with van der Waals surface area (Å²) in [5.41, 5.74) is 7.45. The molecule has 0 spiro atoms. The number of rotatable bonds is 5. The molecule has 5 heteroatoms. The number of aromatic nitrogens is 1. The third-order valence-corrected chi connectivity index (χ3v) is 2.73. The Hall–Kier alpha value is -1.20. The standard InChI is InChI=1S/C11H17N3OS/c1-8(7-15-3)14(2)10-6-13-5-4-9(10)11(12)16/h4-6,8H,7H2,1-3H3,(H2,12,16). The minimum Gasteiger partial charge on any atom is -0.389 e. The molecule has 0 aliphatic heterocycles. The molecule has 0 fully saturated rings. The molecule has 0 radical (unpaired) electrons. The lowest BCUT2D eigenvalue weighted by Gasteiger charge is -2.27. The van der Waals surface area contributed by atoms with Gasteiger partial charge in [-0.05, 0) is 13.0 Å². The van der Waals surface area contributed by atoms with E-state index < -0.39 is 0 Å². The van der Waals surface area contributed by atoms with E-state index in [1.807, 2.05) is 13.1 Å². The van der Waals surface area contributed by atoms with Crippen LogP contribution in [0.4, 0.5) is 5.69 Å². The molecular weight excluding hydrogens is 222 g/mol. The van der Waals surface area contributed by atoms with Gasteiger partial charge < -0.3 is 15.4 Å². The summed E-state index contributed by atoms with van der Waals surface area (Å²) in [4.78, 5) is 6.54. The smallest absolute Gasteiger partial charge is 0.106 e. The molecule has 0 aromatic carbocycles. The van der Waals surface area contributed by atoms with Crippen LogP contribution in [0.5, 0.6) is 0 Å². The molecule has 1 atom stereocenters. The van der Waals surface area contributed by atoms with E-state index in [1.165, 1.54) is 0 Å². The fourth-order valence-electron chi connectivity index (χ4n) is 1.47. The lowest BCUT2D eigenvalue weighted by atomic mass is 10.2. The van der Waals surface area contributed by atoms with Crippen molar-refractivity contribution in [1.82, 2.24) is 4.98 Å². The monoisotopic (exact) mass is 239 g/mol.